The predicted molar refractivity (Wildman–Crippen MR) is 109 cm³/mol. The minimum absolute atomic E-state index is 0.169. The zero-order valence-corrected chi connectivity index (χ0v) is 15.8. The lowest BCUT2D eigenvalue weighted by molar-refractivity contribution is 0.703. The van der Waals surface area contributed by atoms with Gasteiger partial charge in [-0.15, -0.1) is 10.2 Å². The van der Waals surface area contributed by atoms with Crippen LogP contribution >= 0.6 is 0 Å². The highest BCUT2D eigenvalue weighted by atomic mass is 15.3. The molecule has 0 spiro atoms. The molecule has 0 saturated heterocycles. The topological polar surface area (TPSA) is 60.9 Å². The van der Waals surface area contributed by atoms with Crippen molar-refractivity contribution in [3.8, 4) is 5.69 Å². The van der Waals surface area contributed by atoms with Gasteiger partial charge in [0.05, 0.1) is 17.3 Å². The van der Waals surface area contributed by atoms with Gasteiger partial charge in [-0.05, 0) is 31.0 Å². The summed E-state index contributed by atoms with van der Waals surface area (Å²) in [5.41, 5.74) is 4.99. The van der Waals surface area contributed by atoms with Gasteiger partial charge < -0.3 is 0 Å². The van der Waals surface area contributed by atoms with Gasteiger partial charge in [0.15, 0.2) is 11.3 Å². The van der Waals surface area contributed by atoms with Crippen LogP contribution in [0.2, 0.25) is 0 Å². The molecular formula is C22H20N6. The third-order valence-electron chi connectivity index (χ3n) is 5.20. The maximum Gasteiger partial charge on any atom is 0.174 e. The van der Waals surface area contributed by atoms with Crippen molar-refractivity contribution in [2.24, 2.45) is 0 Å². The number of rotatable bonds is 4. The molecule has 3 heterocycles. The predicted octanol–water partition coefficient (Wildman–Crippen LogP) is 4.31. The Kier molecular flexibility index (Phi) is 3.90. The molecule has 5 aromatic rings. The monoisotopic (exact) mass is 368 g/mol. The Morgan fingerprint density at radius 3 is 2.46 bits per heavy atom. The minimum Gasteiger partial charge on any atom is -0.268 e. The van der Waals surface area contributed by atoms with Gasteiger partial charge in [-0.1, -0.05) is 55.0 Å². The fourth-order valence-corrected chi connectivity index (χ4v) is 3.70. The molecule has 0 aliphatic rings. The van der Waals surface area contributed by atoms with Crippen molar-refractivity contribution in [1.29, 1.82) is 0 Å². The van der Waals surface area contributed by atoms with Crippen LogP contribution in [-0.2, 0) is 0 Å². The molecular weight excluding hydrogens is 348 g/mol. The molecule has 3 aromatic heterocycles. The summed E-state index contributed by atoms with van der Waals surface area (Å²) in [5.74, 6) is 1.07. The summed E-state index contributed by atoms with van der Waals surface area (Å²) in [6.45, 7) is 4.24. The normalized spacial score (nSPS) is 12.6. The number of hydrogen-bond donors (Lipinski definition) is 0. The van der Waals surface area contributed by atoms with Gasteiger partial charge in [0, 0.05) is 5.92 Å². The fraction of sp³-hybridized carbons (Fsp3) is 0.182. The highest BCUT2D eigenvalue weighted by molar-refractivity contribution is 5.89. The molecule has 0 radical (unpaired) electrons. The molecule has 138 valence electrons. The second kappa shape index (κ2) is 6.56. The number of hydrogen-bond acceptors (Lipinski definition) is 4. The first kappa shape index (κ1) is 16.6. The summed E-state index contributed by atoms with van der Waals surface area (Å²) in [5, 5.41) is 14.4. The highest BCUT2D eigenvalue weighted by Crippen LogP contribution is 2.28. The number of fused-ring (bicyclic) bond motifs is 3. The van der Waals surface area contributed by atoms with Gasteiger partial charge in [0.1, 0.15) is 12.2 Å². The van der Waals surface area contributed by atoms with Crippen LogP contribution in [0.15, 0.2) is 67.1 Å². The van der Waals surface area contributed by atoms with Gasteiger partial charge >= 0.3 is 0 Å². The van der Waals surface area contributed by atoms with E-state index in [1.54, 1.807) is 0 Å². The van der Waals surface area contributed by atoms with Crippen molar-refractivity contribution in [3.63, 3.8) is 0 Å². The Hall–Kier alpha value is -3.54. The average molecular weight is 368 g/mol. The molecule has 6 nitrogen and oxygen atoms in total. The van der Waals surface area contributed by atoms with E-state index in [0.29, 0.717) is 0 Å². The molecule has 0 amide bonds. The van der Waals surface area contributed by atoms with Crippen molar-refractivity contribution in [3.05, 3.63) is 84.1 Å². The largest absolute Gasteiger partial charge is 0.268 e. The summed E-state index contributed by atoms with van der Waals surface area (Å²) < 4.78 is 3.84. The van der Waals surface area contributed by atoms with E-state index in [1.807, 2.05) is 39.8 Å². The van der Waals surface area contributed by atoms with E-state index in [0.717, 1.165) is 34.6 Å². The van der Waals surface area contributed by atoms with Gasteiger partial charge in [-0.2, -0.15) is 5.10 Å². The van der Waals surface area contributed by atoms with Crippen molar-refractivity contribution >= 4 is 16.7 Å². The van der Waals surface area contributed by atoms with Crippen LogP contribution in [0.5, 0.6) is 0 Å². The SMILES string of the molecule is CCC(c1ccccc1)c1nnc2c3cnn(-c4ccc(C)cc4)c3ncn12. The van der Waals surface area contributed by atoms with E-state index in [4.69, 9.17) is 4.98 Å². The van der Waals surface area contributed by atoms with Crippen LogP contribution in [0.3, 0.4) is 0 Å². The summed E-state index contributed by atoms with van der Waals surface area (Å²) in [6, 6.07) is 18.7. The smallest absolute Gasteiger partial charge is 0.174 e. The molecule has 0 fully saturated rings. The lowest BCUT2D eigenvalue weighted by Crippen LogP contribution is -2.06. The third kappa shape index (κ3) is 2.57. The molecule has 0 aliphatic heterocycles. The fourth-order valence-electron chi connectivity index (χ4n) is 3.70. The Balaban J connectivity index is 1.66. The maximum atomic E-state index is 4.69. The average Bonchev–Trinajstić information content (AvgIpc) is 3.34. The molecule has 1 unspecified atom stereocenters. The second-order valence-electron chi connectivity index (χ2n) is 7.00. The maximum absolute atomic E-state index is 4.69. The van der Waals surface area contributed by atoms with Crippen molar-refractivity contribution in [1.82, 2.24) is 29.4 Å². The molecule has 5 rings (SSSR count). The molecule has 1 atom stereocenters. The summed E-state index contributed by atoms with van der Waals surface area (Å²) >= 11 is 0. The summed E-state index contributed by atoms with van der Waals surface area (Å²) in [4.78, 5) is 4.69. The lowest BCUT2D eigenvalue weighted by atomic mass is 9.96. The van der Waals surface area contributed by atoms with E-state index in [1.165, 1.54) is 11.1 Å². The molecule has 0 aliphatic carbocycles. The third-order valence-corrected chi connectivity index (χ3v) is 5.20. The first-order valence-electron chi connectivity index (χ1n) is 9.45. The van der Waals surface area contributed by atoms with Gasteiger partial charge in [0.2, 0.25) is 0 Å². The van der Waals surface area contributed by atoms with Crippen LogP contribution < -0.4 is 0 Å². The Labute approximate surface area is 162 Å². The highest BCUT2D eigenvalue weighted by Gasteiger charge is 2.21. The number of nitrogens with zero attached hydrogens (tertiary/aromatic N) is 6. The molecule has 6 heteroatoms. The molecule has 0 bridgehead atoms. The van der Waals surface area contributed by atoms with Gasteiger partial charge in [-0.25, -0.2) is 9.67 Å². The molecule has 28 heavy (non-hydrogen) atoms. The Bertz CT molecular complexity index is 1250. The standard InChI is InChI=1S/C22H20N6/c1-3-18(16-7-5-4-6-8-16)21-25-26-22-19-13-24-28(20(19)23-14-27(21)22)17-11-9-15(2)10-12-17/h4-14,18H,3H2,1-2H3. The van der Waals surface area contributed by atoms with Crippen LogP contribution in [-0.4, -0.2) is 29.4 Å². The van der Waals surface area contributed by atoms with Gasteiger partial charge in [0.25, 0.3) is 0 Å². The summed E-state index contributed by atoms with van der Waals surface area (Å²) in [6.07, 6.45) is 4.57. The Morgan fingerprint density at radius 2 is 1.71 bits per heavy atom. The molecule has 2 aromatic carbocycles. The zero-order chi connectivity index (χ0) is 19.1. The lowest BCUT2D eigenvalue weighted by Gasteiger charge is -2.13. The van der Waals surface area contributed by atoms with E-state index >= 15 is 0 Å². The van der Waals surface area contributed by atoms with Crippen LogP contribution in [0.4, 0.5) is 0 Å². The van der Waals surface area contributed by atoms with Gasteiger partial charge in [-0.3, -0.25) is 4.40 Å². The minimum atomic E-state index is 0.169. The molecule has 0 N–H and O–H groups in total. The van der Waals surface area contributed by atoms with Crippen molar-refractivity contribution in [2.45, 2.75) is 26.2 Å². The first-order chi connectivity index (χ1) is 13.8. The quantitative estimate of drug-likeness (QED) is 0.474. The van der Waals surface area contributed by atoms with Crippen molar-refractivity contribution < 1.29 is 0 Å². The Morgan fingerprint density at radius 1 is 0.929 bits per heavy atom. The zero-order valence-electron chi connectivity index (χ0n) is 15.8. The van der Waals surface area contributed by atoms with Crippen LogP contribution in [0.25, 0.3) is 22.4 Å². The number of benzene rings is 2. The number of aryl methyl sites for hydroxylation is 1. The summed E-state index contributed by atoms with van der Waals surface area (Å²) in [7, 11) is 0. The first-order valence-corrected chi connectivity index (χ1v) is 9.45. The van der Waals surface area contributed by atoms with Crippen LogP contribution in [0.1, 0.15) is 36.2 Å². The van der Waals surface area contributed by atoms with Crippen LogP contribution in [0, 0.1) is 6.92 Å². The van der Waals surface area contributed by atoms with E-state index in [-0.39, 0.29) is 5.92 Å². The van der Waals surface area contributed by atoms with E-state index < -0.39 is 0 Å². The van der Waals surface area contributed by atoms with E-state index in [9.17, 15) is 0 Å². The second-order valence-corrected chi connectivity index (χ2v) is 7.00. The van der Waals surface area contributed by atoms with Crippen molar-refractivity contribution in [2.75, 3.05) is 0 Å². The molecule has 0 saturated carbocycles. The van der Waals surface area contributed by atoms with E-state index in [2.05, 4.69) is 65.5 Å². The number of aromatic nitrogens is 6.